The predicted octanol–water partition coefficient (Wildman–Crippen LogP) is 1.93. The van der Waals surface area contributed by atoms with E-state index in [1.807, 2.05) is 32.0 Å². The third-order valence-corrected chi connectivity index (χ3v) is 3.60. The van der Waals surface area contributed by atoms with Crippen molar-refractivity contribution in [1.29, 1.82) is 0 Å². The summed E-state index contributed by atoms with van der Waals surface area (Å²) in [6.07, 6.45) is 0.335. The lowest BCUT2D eigenvalue weighted by Crippen LogP contribution is -2.53. The molecule has 1 N–H and O–H groups in total. The van der Waals surface area contributed by atoms with Gasteiger partial charge in [0.05, 0.1) is 0 Å². The molecule has 1 aromatic carbocycles. The van der Waals surface area contributed by atoms with E-state index in [4.69, 9.17) is 0 Å². The van der Waals surface area contributed by atoms with Gasteiger partial charge >= 0.3 is 0 Å². The quantitative estimate of drug-likeness (QED) is 0.839. The molecular formula is C15H20N2O2. The summed E-state index contributed by atoms with van der Waals surface area (Å²) in [4.78, 5) is 25.9. The van der Waals surface area contributed by atoms with Gasteiger partial charge in [-0.05, 0) is 51.0 Å². The third-order valence-electron chi connectivity index (χ3n) is 3.60. The van der Waals surface area contributed by atoms with Crippen LogP contribution in [0.1, 0.15) is 31.4 Å². The molecule has 0 radical (unpaired) electrons. The van der Waals surface area contributed by atoms with Crippen molar-refractivity contribution >= 4 is 17.5 Å². The average Bonchev–Trinajstić information content (AvgIpc) is 2.41. The van der Waals surface area contributed by atoms with Gasteiger partial charge in [-0.1, -0.05) is 6.07 Å². The first-order chi connectivity index (χ1) is 8.81. The van der Waals surface area contributed by atoms with Crippen LogP contribution in [0.2, 0.25) is 0 Å². The van der Waals surface area contributed by atoms with Crippen LogP contribution >= 0.6 is 0 Å². The van der Waals surface area contributed by atoms with Crippen molar-refractivity contribution in [3.63, 3.8) is 0 Å². The zero-order valence-corrected chi connectivity index (χ0v) is 11.9. The number of carbonyl (C=O) groups is 2. The molecule has 1 aromatic rings. The second kappa shape index (κ2) is 4.68. The van der Waals surface area contributed by atoms with Gasteiger partial charge in [0.15, 0.2) is 0 Å². The lowest BCUT2D eigenvalue weighted by atomic mass is 10.0. The number of aryl methyl sites for hydroxylation is 2. The molecule has 19 heavy (non-hydrogen) atoms. The van der Waals surface area contributed by atoms with E-state index in [2.05, 4.69) is 5.32 Å². The van der Waals surface area contributed by atoms with Crippen molar-refractivity contribution < 1.29 is 9.59 Å². The van der Waals surface area contributed by atoms with Crippen LogP contribution in [-0.2, 0) is 9.59 Å². The van der Waals surface area contributed by atoms with E-state index < -0.39 is 5.54 Å². The maximum atomic E-state index is 12.5. The van der Waals surface area contributed by atoms with Crippen LogP contribution in [0.15, 0.2) is 18.2 Å². The van der Waals surface area contributed by atoms with Crippen LogP contribution < -0.4 is 10.2 Å². The molecule has 1 aliphatic rings. The monoisotopic (exact) mass is 260 g/mol. The van der Waals surface area contributed by atoms with Crippen LogP contribution in [0, 0.1) is 13.8 Å². The van der Waals surface area contributed by atoms with Gasteiger partial charge in [0, 0.05) is 18.7 Å². The van der Waals surface area contributed by atoms with Crippen molar-refractivity contribution in [2.24, 2.45) is 0 Å². The standard InChI is InChI=1S/C15H20N2O2/c1-10-5-6-12(9-11(10)2)17-8-7-13(18)16-15(3,4)14(17)19/h5-6,9H,7-8H2,1-4H3,(H,16,18). The summed E-state index contributed by atoms with van der Waals surface area (Å²) >= 11 is 0. The van der Waals surface area contributed by atoms with E-state index in [1.54, 1.807) is 18.7 Å². The topological polar surface area (TPSA) is 49.4 Å². The van der Waals surface area contributed by atoms with Gasteiger partial charge in [-0.2, -0.15) is 0 Å². The smallest absolute Gasteiger partial charge is 0.252 e. The predicted molar refractivity (Wildman–Crippen MR) is 75.1 cm³/mol. The molecule has 4 heteroatoms. The molecule has 0 unspecified atom stereocenters. The molecule has 2 amide bonds. The normalized spacial score (nSPS) is 19.1. The summed E-state index contributed by atoms with van der Waals surface area (Å²) in [6, 6.07) is 5.94. The number of benzene rings is 1. The molecule has 0 atom stereocenters. The van der Waals surface area contributed by atoms with Crippen LogP contribution in [0.25, 0.3) is 0 Å². The molecule has 0 saturated carbocycles. The van der Waals surface area contributed by atoms with E-state index in [1.165, 1.54) is 5.56 Å². The Hall–Kier alpha value is -1.84. The lowest BCUT2D eigenvalue weighted by molar-refractivity contribution is -0.128. The highest BCUT2D eigenvalue weighted by molar-refractivity contribution is 6.03. The number of anilines is 1. The van der Waals surface area contributed by atoms with Crippen LogP contribution in [-0.4, -0.2) is 23.9 Å². The molecule has 1 aliphatic heterocycles. The minimum absolute atomic E-state index is 0.0680. The number of rotatable bonds is 1. The van der Waals surface area contributed by atoms with Crippen LogP contribution in [0.3, 0.4) is 0 Å². The largest absolute Gasteiger partial charge is 0.342 e. The van der Waals surface area contributed by atoms with E-state index >= 15 is 0 Å². The molecule has 0 aromatic heterocycles. The maximum Gasteiger partial charge on any atom is 0.252 e. The second-order valence-electron chi connectivity index (χ2n) is 5.65. The fourth-order valence-corrected chi connectivity index (χ4v) is 2.26. The number of nitrogens with one attached hydrogen (secondary N) is 1. The molecule has 102 valence electrons. The summed E-state index contributed by atoms with van der Waals surface area (Å²) < 4.78 is 0. The third kappa shape index (κ3) is 2.62. The summed E-state index contributed by atoms with van der Waals surface area (Å²) in [5.74, 6) is -0.147. The minimum atomic E-state index is -0.855. The van der Waals surface area contributed by atoms with Crippen LogP contribution in [0.5, 0.6) is 0 Å². The average molecular weight is 260 g/mol. The van der Waals surface area contributed by atoms with Gasteiger partial charge in [-0.3, -0.25) is 9.59 Å². The zero-order valence-electron chi connectivity index (χ0n) is 11.9. The lowest BCUT2D eigenvalue weighted by Gasteiger charge is -2.29. The zero-order chi connectivity index (χ0) is 14.2. The first kappa shape index (κ1) is 13.6. The Morgan fingerprint density at radius 2 is 1.84 bits per heavy atom. The first-order valence-corrected chi connectivity index (χ1v) is 6.51. The molecule has 0 aliphatic carbocycles. The van der Waals surface area contributed by atoms with E-state index in [0.29, 0.717) is 13.0 Å². The fraction of sp³-hybridized carbons (Fsp3) is 0.467. The maximum absolute atomic E-state index is 12.5. The van der Waals surface area contributed by atoms with Crippen molar-refractivity contribution in [3.05, 3.63) is 29.3 Å². The molecule has 1 saturated heterocycles. The van der Waals surface area contributed by atoms with E-state index in [-0.39, 0.29) is 11.8 Å². The van der Waals surface area contributed by atoms with Gasteiger partial charge in [0.1, 0.15) is 5.54 Å². The number of hydrogen-bond donors (Lipinski definition) is 1. The Labute approximate surface area is 113 Å². The fourth-order valence-electron chi connectivity index (χ4n) is 2.26. The molecule has 1 heterocycles. The summed E-state index contributed by atoms with van der Waals surface area (Å²) in [5, 5.41) is 2.76. The number of carbonyl (C=O) groups excluding carboxylic acids is 2. The number of hydrogen-bond acceptors (Lipinski definition) is 2. The van der Waals surface area contributed by atoms with Gasteiger partial charge in [-0.25, -0.2) is 0 Å². The molecule has 0 spiro atoms. The van der Waals surface area contributed by atoms with Gasteiger partial charge in [0.2, 0.25) is 5.91 Å². The van der Waals surface area contributed by atoms with E-state index in [0.717, 1.165) is 11.3 Å². The highest BCUT2D eigenvalue weighted by atomic mass is 16.2. The van der Waals surface area contributed by atoms with Gasteiger partial charge < -0.3 is 10.2 Å². The summed E-state index contributed by atoms with van der Waals surface area (Å²) in [7, 11) is 0. The number of nitrogens with zero attached hydrogens (tertiary/aromatic N) is 1. The van der Waals surface area contributed by atoms with E-state index in [9.17, 15) is 9.59 Å². The van der Waals surface area contributed by atoms with Crippen molar-refractivity contribution in [2.45, 2.75) is 39.7 Å². The molecule has 1 fully saturated rings. The molecule has 4 nitrogen and oxygen atoms in total. The Balaban J connectivity index is 2.39. The first-order valence-electron chi connectivity index (χ1n) is 6.51. The Morgan fingerprint density at radius 3 is 2.47 bits per heavy atom. The molecular weight excluding hydrogens is 240 g/mol. The SMILES string of the molecule is Cc1ccc(N2CCC(=O)NC(C)(C)C2=O)cc1C. The van der Waals surface area contributed by atoms with Crippen molar-refractivity contribution in [3.8, 4) is 0 Å². The van der Waals surface area contributed by atoms with Gasteiger partial charge in [0.25, 0.3) is 5.91 Å². The summed E-state index contributed by atoms with van der Waals surface area (Å²) in [6.45, 7) is 7.98. The second-order valence-corrected chi connectivity index (χ2v) is 5.65. The Bertz CT molecular complexity index is 535. The number of amides is 2. The summed E-state index contributed by atoms with van der Waals surface area (Å²) in [5.41, 5.74) is 2.34. The Morgan fingerprint density at radius 1 is 1.16 bits per heavy atom. The van der Waals surface area contributed by atoms with Crippen molar-refractivity contribution in [2.75, 3.05) is 11.4 Å². The molecule has 2 rings (SSSR count). The highest BCUT2D eigenvalue weighted by Crippen LogP contribution is 2.23. The highest BCUT2D eigenvalue weighted by Gasteiger charge is 2.37. The molecule has 0 bridgehead atoms. The van der Waals surface area contributed by atoms with Crippen molar-refractivity contribution in [1.82, 2.24) is 5.32 Å². The minimum Gasteiger partial charge on any atom is -0.342 e. The Kier molecular flexibility index (Phi) is 3.35. The van der Waals surface area contributed by atoms with Gasteiger partial charge in [-0.15, -0.1) is 0 Å². The van der Waals surface area contributed by atoms with Crippen LogP contribution in [0.4, 0.5) is 5.69 Å².